The first kappa shape index (κ1) is 15.0. The van der Waals surface area contributed by atoms with Crippen LogP contribution in [-0.4, -0.2) is 25.2 Å². The lowest BCUT2D eigenvalue weighted by molar-refractivity contribution is 0.0600. The molecule has 0 aliphatic carbocycles. The molecule has 0 amide bonds. The van der Waals surface area contributed by atoms with E-state index in [9.17, 15) is 4.79 Å². The van der Waals surface area contributed by atoms with Gasteiger partial charge in [0.25, 0.3) is 0 Å². The van der Waals surface area contributed by atoms with Gasteiger partial charge < -0.3 is 14.8 Å². The Morgan fingerprint density at radius 1 is 1.19 bits per heavy atom. The summed E-state index contributed by atoms with van der Waals surface area (Å²) in [4.78, 5) is 15.5. The summed E-state index contributed by atoms with van der Waals surface area (Å²) in [6.07, 6.45) is 1.52. The third kappa shape index (κ3) is 4.29. The zero-order valence-corrected chi connectivity index (χ0v) is 12.1. The number of nitrogens with zero attached hydrogens (tertiary/aromatic N) is 1. The molecule has 0 aliphatic heterocycles. The summed E-state index contributed by atoms with van der Waals surface area (Å²) in [6, 6.07) is 11.4. The van der Waals surface area contributed by atoms with Crippen molar-refractivity contribution in [3.05, 3.63) is 59.4 Å². The highest BCUT2D eigenvalue weighted by Gasteiger charge is 2.05. The molecule has 21 heavy (non-hydrogen) atoms. The molecule has 110 valence electrons. The standard InChI is InChI=1S/C16H18N2O3/c1-20-15-5-3-4-12(8-15)9-17-11-14-7-6-13(10-18-14)16(19)21-2/h3-8,10,17H,9,11H2,1-2H3. The van der Waals surface area contributed by atoms with Gasteiger partial charge in [-0.15, -0.1) is 0 Å². The molecule has 2 aromatic rings. The number of ether oxygens (including phenoxy) is 2. The Morgan fingerprint density at radius 2 is 2.05 bits per heavy atom. The van der Waals surface area contributed by atoms with Crippen molar-refractivity contribution in [2.75, 3.05) is 14.2 Å². The molecule has 0 saturated carbocycles. The minimum absolute atomic E-state index is 0.376. The van der Waals surface area contributed by atoms with Crippen LogP contribution in [0, 0.1) is 0 Å². The lowest BCUT2D eigenvalue weighted by atomic mass is 10.2. The molecule has 5 heteroatoms. The molecule has 5 nitrogen and oxygen atoms in total. The maximum atomic E-state index is 11.3. The van der Waals surface area contributed by atoms with E-state index in [2.05, 4.69) is 15.0 Å². The van der Waals surface area contributed by atoms with E-state index in [1.165, 1.54) is 13.3 Å². The molecule has 0 aliphatic rings. The van der Waals surface area contributed by atoms with E-state index in [0.717, 1.165) is 23.6 Å². The SMILES string of the molecule is COC(=O)c1ccc(CNCc2cccc(OC)c2)nc1. The highest BCUT2D eigenvalue weighted by atomic mass is 16.5. The second-order valence-electron chi connectivity index (χ2n) is 4.48. The van der Waals surface area contributed by atoms with Crippen LogP contribution in [0.5, 0.6) is 5.75 Å². The van der Waals surface area contributed by atoms with Gasteiger partial charge in [-0.3, -0.25) is 4.98 Å². The van der Waals surface area contributed by atoms with E-state index in [-0.39, 0.29) is 5.97 Å². The fourth-order valence-electron chi connectivity index (χ4n) is 1.88. The molecule has 1 aromatic carbocycles. The predicted molar refractivity (Wildman–Crippen MR) is 79.1 cm³/mol. The van der Waals surface area contributed by atoms with E-state index < -0.39 is 0 Å². The fraction of sp³-hybridized carbons (Fsp3) is 0.250. The van der Waals surface area contributed by atoms with Crippen molar-refractivity contribution in [1.82, 2.24) is 10.3 Å². The summed E-state index contributed by atoms with van der Waals surface area (Å²) in [5.41, 5.74) is 2.46. The van der Waals surface area contributed by atoms with Crippen molar-refractivity contribution in [2.24, 2.45) is 0 Å². The molecule has 0 radical (unpaired) electrons. The quantitative estimate of drug-likeness (QED) is 0.825. The number of hydrogen-bond donors (Lipinski definition) is 1. The fourth-order valence-corrected chi connectivity index (χ4v) is 1.88. The van der Waals surface area contributed by atoms with Crippen LogP contribution in [0.25, 0.3) is 0 Å². The van der Waals surface area contributed by atoms with Gasteiger partial charge in [0.2, 0.25) is 0 Å². The number of esters is 1. The van der Waals surface area contributed by atoms with E-state index >= 15 is 0 Å². The van der Waals surface area contributed by atoms with Crippen LogP contribution in [0.4, 0.5) is 0 Å². The zero-order valence-electron chi connectivity index (χ0n) is 12.1. The number of hydrogen-bond acceptors (Lipinski definition) is 5. The van der Waals surface area contributed by atoms with Crippen LogP contribution in [0.2, 0.25) is 0 Å². The van der Waals surface area contributed by atoms with Gasteiger partial charge in [-0.2, -0.15) is 0 Å². The van der Waals surface area contributed by atoms with E-state index in [4.69, 9.17) is 4.74 Å². The number of rotatable bonds is 6. The van der Waals surface area contributed by atoms with Gasteiger partial charge in [0.1, 0.15) is 5.75 Å². The van der Waals surface area contributed by atoms with E-state index in [1.807, 2.05) is 30.3 Å². The number of pyridine rings is 1. The molecule has 0 saturated heterocycles. The first-order chi connectivity index (χ1) is 10.2. The molecule has 1 N–H and O–H groups in total. The Hall–Kier alpha value is -2.40. The summed E-state index contributed by atoms with van der Waals surface area (Å²) in [7, 11) is 3.01. The van der Waals surface area contributed by atoms with Crippen molar-refractivity contribution in [1.29, 1.82) is 0 Å². The first-order valence-electron chi connectivity index (χ1n) is 6.60. The Morgan fingerprint density at radius 3 is 2.71 bits per heavy atom. The van der Waals surface area contributed by atoms with Crippen LogP contribution in [-0.2, 0) is 17.8 Å². The number of nitrogens with one attached hydrogen (secondary N) is 1. The summed E-state index contributed by atoms with van der Waals surface area (Å²) in [6.45, 7) is 1.34. The van der Waals surface area contributed by atoms with E-state index in [1.54, 1.807) is 13.2 Å². The van der Waals surface area contributed by atoms with Crippen molar-refractivity contribution in [3.8, 4) is 5.75 Å². The summed E-state index contributed by atoms with van der Waals surface area (Å²) in [5.74, 6) is 0.466. The van der Waals surface area contributed by atoms with Crippen molar-refractivity contribution >= 4 is 5.97 Å². The molecular formula is C16H18N2O3. The average molecular weight is 286 g/mol. The number of benzene rings is 1. The second-order valence-corrected chi connectivity index (χ2v) is 4.48. The minimum atomic E-state index is -0.376. The largest absolute Gasteiger partial charge is 0.497 e. The lowest BCUT2D eigenvalue weighted by Gasteiger charge is -2.07. The molecule has 0 unspecified atom stereocenters. The summed E-state index contributed by atoms with van der Waals surface area (Å²) >= 11 is 0. The van der Waals surface area contributed by atoms with Gasteiger partial charge >= 0.3 is 5.97 Å². The number of carbonyl (C=O) groups excluding carboxylic acids is 1. The van der Waals surface area contributed by atoms with Crippen LogP contribution in [0.3, 0.4) is 0 Å². The molecule has 1 aromatic heterocycles. The normalized spacial score (nSPS) is 10.2. The minimum Gasteiger partial charge on any atom is -0.497 e. The Balaban J connectivity index is 1.87. The third-order valence-electron chi connectivity index (χ3n) is 3.02. The van der Waals surface area contributed by atoms with Crippen LogP contribution < -0.4 is 10.1 Å². The Labute approximate surface area is 123 Å². The summed E-state index contributed by atoms with van der Waals surface area (Å²) in [5, 5.41) is 3.30. The molecule has 0 spiro atoms. The maximum absolute atomic E-state index is 11.3. The number of carbonyl (C=O) groups is 1. The Kier molecular flexibility index (Phi) is 5.29. The monoisotopic (exact) mass is 286 g/mol. The third-order valence-corrected chi connectivity index (χ3v) is 3.02. The van der Waals surface area contributed by atoms with Crippen LogP contribution >= 0.6 is 0 Å². The molecule has 2 rings (SSSR count). The average Bonchev–Trinajstić information content (AvgIpc) is 2.55. The topological polar surface area (TPSA) is 60.5 Å². The van der Waals surface area contributed by atoms with Crippen molar-refractivity contribution in [3.63, 3.8) is 0 Å². The molecule has 0 atom stereocenters. The van der Waals surface area contributed by atoms with Gasteiger partial charge in [-0.05, 0) is 29.8 Å². The Bertz CT molecular complexity index is 597. The highest BCUT2D eigenvalue weighted by Crippen LogP contribution is 2.12. The van der Waals surface area contributed by atoms with Crippen LogP contribution in [0.15, 0.2) is 42.6 Å². The van der Waals surface area contributed by atoms with Gasteiger partial charge in [0, 0.05) is 19.3 Å². The molecular weight excluding hydrogens is 268 g/mol. The highest BCUT2D eigenvalue weighted by molar-refractivity contribution is 5.88. The predicted octanol–water partition coefficient (Wildman–Crippen LogP) is 2.17. The second kappa shape index (κ2) is 7.40. The molecule has 0 bridgehead atoms. The zero-order chi connectivity index (χ0) is 15.1. The maximum Gasteiger partial charge on any atom is 0.339 e. The van der Waals surface area contributed by atoms with E-state index in [0.29, 0.717) is 12.1 Å². The molecule has 0 fully saturated rings. The van der Waals surface area contributed by atoms with Crippen LogP contribution in [0.1, 0.15) is 21.6 Å². The van der Waals surface area contributed by atoms with Gasteiger partial charge in [-0.25, -0.2) is 4.79 Å². The number of methoxy groups -OCH3 is 2. The van der Waals surface area contributed by atoms with Gasteiger partial charge in [0.15, 0.2) is 0 Å². The summed E-state index contributed by atoms with van der Waals surface area (Å²) < 4.78 is 9.81. The van der Waals surface area contributed by atoms with Crippen molar-refractivity contribution < 1.29 is 14.3 Å². The van der Waals surface area contributed by atoms with Crippen molar-refractivity contribution in [2.45, 2.75) is 13.1 Å². The number of aromatic nitrogens is 1. The smallest absolute Gasteiger partial charge is 0.339 e. The first-order valence-corrected chi connectivity index (χ1v) is 6.60. The van der Waals surface area contributed by atoms with Gasteiger partial charge in [0.05, 0.1) is 25.5 Å². The lowest BCUT2D eigenvalue weighted by Crippen LogP contribution is -2.14. The molecule has 1 heterocycles. The van der Waals surface area contributed by atoms with Gasteiger partial charge in [-0.1, -0.05) is 12.1 Å².